The Bertz CT molecular complexity index is 871. The highest BCUT2D eigenvalue weighted by Crippen LogP contribution is 2.37. The number of halogens is 4. The van der Waals surface area contributed by atoms with E-state index in [0.29, 0.717) is 5.82 Å². The Morgan fingerprint density at radius 3 is 2.44 bits per heavy atom. The van der Waals surface area contributed by atoms with E-state index in [0.717, 1.165) is 11.8 Å². The monoisotopic (exact) mass is 365 g/mol. The zero-order valence-electron chi connectivity index (χ0n) is 12.5. The van der Waals surface area contributed by atoms with Crippen LogP contribution in [0.15, 0.2) is 54.7 Å². The predicted molar refractivity (Wildman–Crippen MR) is 89.3 cm³/mol. The van der Waals surface area contributed by atoms with Crippen LogP contribution in [0.25, 0.3) is 0 Å². The number of alkyl halides is 3. The maximum absolute atomic E-state index is 13.1. The van der Waals surface area contributed by atoms with Crippen LogP contribution < -0.4 is 10.6 Å². The summed E-state index contributed by atoms with van der Waals surface area (Å²) in [4.78, 5) is 4.11. The summed E-state index contributed by atoms with van der Waals surface area (Å²) in [6, 6.07) is 12.6. The van der Waals surface area contributed by atoms with Crippen molar-refractivity contribution in [2.45, 2.75) is 6.18 Å². The Balaban J connectivity index is 1.86. The first kappa shape index (κ1) is 17.0. The number of hydrogen-bond donors (Lipinski definition) is 2. The van der Waals surface area contributed by atoms with E-state index in [2.05, 4.69) is 25.8 Å². The second kappa shape index (κ2) is 6.94. The van der Waals surface area contributed by atoms with Gasteiger partial charge in [-0.15, -0.1) is 5.10 Å². The summed E-state index contributed by atoms with van der Waals surface area (Å²) in [7, 11) is 0. The topological polar surface area (TPSA) is 62.7 Å². The molecule has 0 saturated heterocycles. The second-order valence-corrected chi connectivity index (χ2v) is 5.41. The highest BCUT2D eigenvalue weighted by Gasteiger charge is 2.34. The molecule has 0 aliphatic heterocycles. The summed E-state index contributed by atoms with van der Waals surface area (Å²) in [5.41, 5.74) is -0.364. The molecule has 0 bridgehead atoms. The number of benzene rings is 2. The average molecular weight is 366 g/mol. The second-order valence-electron chi connectivity index (χ2n) is 4.97. The average Bonchev–Trinajstić information content (AvgIpc) is 2.57. The number of hydrogen-bond acceptors (Lipinski definition) is 5. The molecule has 3 rings (SSSR count). The van der Waals surface area contributed by atoms with Crippen molar-refractivity contribution in [3.05, 3.63) is 65.3 Å². The summed E-state index contributed by atoms with van der Waals surface area (Å²) in [6.07, 6.45) is -3.20. The summed E-state index contributed by atoms with van der Waals surface area (Å²) in [6.45, 7) is 0. The molecule has 0 fully saturated rings. The molecule has 2 N–H and O–H groups in total. The van der Waals surface area contributed by atoms with Crippen molar-refractivity contribution in [2.24, 2.45) is 0 Å². The quantitative estimate of drug-likeness (QED) is 0.679. The summed E-state index contributed by atoms with van der Waals surface area (Å²) >= 11 is 5.66. The highest BCUT2D eigenvalue weighted by atomic mass is 35.5. The molecule has 0 aliphatic carbocycles. The van der Waals surface area contributed by atoms with Crippen molar-refractivity contribution >= 4 is 34.7 Å². The summed E-state index contributed by atoms with van der Waals surface area (Å²) < 4.78 is 39.4. The molecular formula is C16H11ClF3N5. The largest absolute Gasteiger partial charge is 0.418 e. The van der Waals surface area contributed by atoms with Crippen molar-refractivity contribution in [2.75, 3.05) is 10.6 Å². The van der Waals surface area contributed by atoms with Gasteiger partial charge < -0.3 is 10.6 Å². The molecule has 0 unspecified atom stereocenters. The van der Waals surface area contributed by atoms with E-state index in [1.54, 1.807) is 0 Å². The molecule has 1 aromatic heterocycles. The van der Waals surface area contributed by atoms with Gasteiger partial charge in [-0.05, 0) is 30.3 Å². The lowest BCUT2D eigenvalue weighted by atomic mass is 10.1. The van der Waals surface area contributed by atoms with Gasteiger partial charge in [0.1, 0.15) is 0 Å². The predicted octanol–water partition coefficient (Wildman–Crippen LogP) is 5.03. The number of rotatable bonds is 4. The molecule has 0 spiro atoms. The molecule has 0 saturated carbocycles. The number of nitrogens with zero attached hydrogens (tertiary/aromatic N) is 3. The first-order chi connectivity index (χ1) is 11.9. The van der Waals surface area contributed by atoms with E-state index in [1.807, 2.05) is 30.3 Å². The van der Waals surface area contributed by atoms with Crippen molar-refractivity contribution in [1.29, 1.82) is 0 Å². The lowest BCUT2D eigenvalue weighted by Crippen LogP contribution is -2.10. The smallest absolute Gasteiger partial charge is 0.339 e. The fourth-order valence-electron chi connectivity index (χ4n) is 2.07. The molecular weight excluding hydrogens is 355 g/mol. The van der Waals surface area contributed by atoms with Crippen LogP contribution in [-0.2, 0) is 6.18 Å². The van der Waals surface area contributed by atoms with Crippen molar-refractivity contribution in [3.63, 3.8) is 0 Å². The summed E-state index contributed by atoms with van der Waals surface area (Å²) in [5.74, 6) is 0.264. The van der Waals surface area contributed by atoms with Crippen molar-refractivity contribution in [1.82, 2.24) is 15.2 Å². The number of para-hydroxylation sites is 1. The molecule has 0 radical (unpaired) electrons. The van der Waals surface area contributed by atoms with Gasteiger partial charge in [-0.2, -0.15) is 23.3 Å². The van der Waals surface area contributed by atoms with E-state index in [-0.39, 0.29) is 16.7 Å². The van der Waals surface area contributed by atoms with Gasteiger partial charge in [0.25, 0.3) is 0 Å². The molecule has 3 aromatic rings. The Morgan fingerprint density at radius 2 is 1.72 bits per heavy atom. The molecule has 25 heavy (non-hydrogen) atoms. The van der Waals surface area contributed by atoms with Crippen LogP contribution in [0, 0.1) is 0 Å². The number of nitrogens with one attached hydrogen (secondary N) is 2. The van der Waals surface area contributed by atoms with Crippen LogP contribution in [0.2, 0.25) is 5.02 Å². The zero-order valence-corrected chi connectivity index (χ0v) is 13.3. The highest BCUT2D eigenvalue weighted by molar-refractivity contribution is 6.30. The van der Waals surface area contributed by atoms with Crippen LogP contribution >= 0.6 is 11.6 Å². The molecule has 0 aliphatic rings. The van der Waals surface area contributed by atoms with Gasteiger partial charge in [0.2, 0.25) is 5.95 Å². The van der Waals surface area contributed by atoms with Gasteiger partial charge in [0.05, 0.1) is 17.4 Å². The third kappa shape index (κ3) is 4.36. The maximum atomic E-state index is 13.1. The lowest BCUT2D eigenvalue weighted by Gasteiger charge is -2.14. The molecule has 5 nitrogen and oxygen atoms in total. The van der Waals surface area contributed by atoms with E-state index in [4.69, 9.17) is 11.6 Å². The first-order valence-corrected chi connectivity index (χ1v) is 7.45. The van der Waals surface area contributed by atoms with E-state index < -0.39 is 11.7 Å². The van der Waals surface area contributed by atoms with Crippen molar-refractivity contribution in [3.8, 4) is 0 Å². The van der Waals surface area contributed by atoms with Gasteiger partial charge in [-0.1, -0.05) is 29.8 Å². The minimum Gasteiger partial charge on any atom is -0.339 e. The standard InChI is InChI=1S/C16H11ClF3N5/c17-10-6-7-13(12(8-10)16(18,19)20)23-15-24-14(9-21-25-15)22-11-4-2-1-3-5-11/h1-9H,(H2,22,23,24,25). The van der Waals surface area contributed by atoms with Crippen LogP contribution in [0.4, 0.5) is 36.3 Å². The van der Waals surface area contributed by atoms with Gasteiger partial charge in [-0.25, -0.2) is 0 Å². The normalized spacial score (nSPS) is 11.2. The Kier molecular flexibility index (Phi) is 4.71. The molecule has 1 heterocycles. The van der Waals surface area contributed by atoms with Gasteiger partial charge in [0.15, 0.2) is 5.82 Å². The molecule has 0 atom stereocenters. The van der Waals surface area contributed by atoms with E-state index >= 15 is 0 Å². The Hall–Kier alpha value is -2.87. The van der Waals surface area contributed by atoms with Crippen molar-refractivity contribution < 1.29 is 13.2 Å². The molecule has 128 valence electrons. The molecule has 0 amide bonds. The Morgan fingerprint density at radius 1 is 0.960 bits per heavy atom. The van der Waals surface area contributed by atoms with Crippen LogP contribution in [0.5, 0.6) is 0 Å². The lowest BCUT2D eigenvalue weighted by molar-refractivity contribution is -0.136. The van der Waals surface area contributed by atoms with Gasteiger partial charge in [0, 0.05) is 10.7 Å². The van der Waals surface area contributed by atoms with Crippen LogP contribution in [0.1, 0.15) is 5.56 Å². The Labute approximate surface area is 145 Å². The molecule has 9 heteroatoms. The van der Waals surface area contributed by atoms with E-state index in [1.165, 1.54) is 18.3 Å². The SMILES string of the molecule is FC(F)(F)c1cc(Cl)ccc1Nc1nncc(Nc2ccccc2)n1. The minimum absolute atomic E-state index is 0.0172. The van der Waals surface area contributed by atoms with Crippen LogP contribution in [0.3, 0.4) is 0 Å². The third-order valence-electron chi connectivity index (χ3n) is 3.14. The minimum atomic E-state index is -4.57. The van der Waals surface area contributed by atoms with Gasteiger partial charge in [-0.3, -0.25) is 0 Å². The summed E-state index contributed by atoms with van der Waals surface area (Å²) in [5, 5.41) is 12.9. The van der Waals surface area contributed by atoms with E-state index in [9.17, 15) is 13.2 Å². The van der Waals surface area contributed by atoms with Crippen LogP contribution in [-0.4, -0.2) is 15.2 Å². The molecule has 2 aromatic carbocycles. The maximum Gasteiger partial charge on any atom is 0.418 e. The zero-order chi connectivity index (χ0) is 17.9. The first-order valence-electron chi connectivity index (χ1n) is 7.07. The number of aromatic nitrogens is 3. The van der Waals surface area contributed by atoms with Gasteiger partial charge >= 0.3 is 6.18 Å². The fraction of sp³-hybridized carbons (Fsp3) is 0.0625. The fourth-order valence-corrected chi connectivity index (χ4v) is 2.24. The third-order valence-corrected chi connectivity index (χ3v) is 3.37. The number of anilines is 4.